The van der Waals surface area contributed by atoms with Gasteiger partial charge in [0.05, 0.1) is 24.9 Å². The molecule has 6 rings (SSSR count). The first-order valence-corrected chi connectivity index (χ1v) is 10.6. The van der Waals surface area contributed by atoms with E-state index in [1.54, 1.807) is 6.07 Å². The van der Waals surface area contributed by atoms with Gasteiger partial charge in [0.15, 0.2) is 5.82 Å². The summed E-state index contributed by atoms with van der Waals surface area (Å²) in [5.41, 5.74) is 3.65. The molecule has 6 nitrogen and oxygen atoms in total. The van der Waals surface area contributed by atoms with Crippen molar-refractivity contribution in [3.63, 3.8) is 0 Å². The van der Waals surface area contributed by atoms with Crippen LogP contribution < -0.4 is 5.32 Å². The standard InChI is InChI=1S/C22H24FN3O3/c23-17-8-15(18(27)9-14(17)11-1-2-11)21-16-7-13-3-4-19(29-13)20(16)22(26-25-21)24-12-5-6-28-10-12/h8-9,11-13,19,27H,1-7,10H2,(H,24,26)/t12-,13?,19?/m1/s1. The summed E-state index contributed by atoms with van der Waals surface area (Å²) in [6.07, 6.45) is 5.66. The normalized spacial score (nSPS) is 27.8. The molecule has 3 fully saturated rings. The maximum Gasteiger partial charge on any atom is 0.155 e. The minimum Gasteiger partial charge on any atom is -0.507 e. The number of nitrogens with zero attached hydrogens (tertiary/aromatic N) is 2. The van der Waals surface area contributed by atoms with Gasteiger partial charge in [-0.15, -0.1) is 10.2 Å². The lowest BCUT2D eigenvalue weighted by molar-refractivity contribution is 0.0325. The Morgan fingerprint density at radius 1 is 1.10 bits per heavy atom. The van der Waals surface area contributed by atoms with Crippen LogP contribution in [0.4, 0.5) is 10.2 Å². The summed E-state index contributed by atoms with van der Waals surface area (Å²) < 4.78 is 26.4. The number of rotatable bonds is 4. The first-order chi connectivity index (χ1) is 14.2. The molecular formula is C22H24FN3O3. The van der Waals surface area contributed by atoms with Gasteiger partial charge in [-0.1, -0.05) is 0 Å². The predicted octanol–water partition coefficient (Wildman–Crippen LogP) is 3.84. The molecule has 4 heterocycles. The highest BCUT2D eigenvalue weighted by Gasteiger charge is 2.39. The largest absolute Gasteiger partial charge is 0.507 e. The van der Waals surface area contributed by atoms with E-state index in [1.165, 1.54) is 6.07 Å². The molecule has 1 aromatic carbocycles. The number of hydrogen-bond donors (Lipinski definition) is 2. The third-order valence-electron chi connectivity index (χ3n) is 6.64. The van der Waals surface area contributed by atoms with Gasteiger partial charge in [0.2, 0.25) is 0 Å². The lowest BCUT2D eigenvalue weighted by atomic mass is 9.93. The average Bonchev–Trinajstić information content (AvgIpc) is 3.31. The second kappa shape index (κ2) is 6.64. The van der Waals surface area contributed by atoms with Gasteiger partial charge >= 0.3 is 0 Å². The molecule has 1 aromatic heterocycles. The fraction of sp³-hybridized carbons (Fsp3) is 0.545. The number of fused-ring (bicyclic) bond motifs is 4. The first-order valence-electron chi connectivity index (χ1n) is 10.6. The predicted molar refractivity (Wildman–Crippen MR) is 104 cm³/mol. The van der Waals surface area contributed by atoms with Crippen molar-refractivity contribution in [3.8, 4) is 17.0 Å². The molecule has 0 radical (unpaired) electrons. The van der Waals surface area contributed by atoms with Crippen LogP contribution in [0.25, 0.3) is 11.3 Å². The van der Waals surface area contributed by atoms with Crippen LogP contribution in [0, 0.1) is 5.82 Å². The average molecular weight is 397 g/mol. The minimum absolute atomic E-state index is 0.0273. The number of aromatic hydroxyl groups is 1. The molecule has 1 aliphatic carbocycles. The van der Waals surface area contributed by atoms with Crippen LogP contribution in [-0.4, -0.2) is 40.7 Å². The van der Waals surface area contributed by atoms with Gasteiger partial charge in [0.1, 0.15) is 17.3 Å². The van der Waals surface area contributed by atoms with Crippen LogP contribution in [0.2, 0.25) is 0 Å². The number of hydrogen-bond acceptors (Lipinski definition) is 6. The number of phenols is 1. The summed E-state index contributed by atoms with van der Waals surface area (Å²) in [5, 5.41) is 23.1. The molecule has 152 valence electrons. The Kier molecular flexibility index (Phi) is 4.03. The Bertz CT molecular complexity index is 972. The van der Waals surface area contributed by atoms with E-state index in [4.69, 9.17) is 9.47 Å². The lowest BCUT2D eigenvalue weighted by Crippen LogP contribution is -2.26. The quantitative estimate of drug-likeness (QED) is 0.816. The number of aromatic nitrogens is 2. The van der Waals surface area contributed by atoms with Crippen LogP contribution in [0.5, 0.6) is 5.75 Å². The van der Waals surface area contributed by atoms with Crippen LogP contribution >= 0.6 is 0 Å². The third-order valence-corrected chi connectivity index (χ3v) is 6.64. The molecule has 29 heavy (non-hydrogen) atoms. The van der Waals surface area contributed by atoms with E-state index >= 15 is 0 Å². The molecule has 3 atom stereocenters. The summed E-state index contributed by atoms with van der Waals surface area (Å²) in [6, 6.07) is 3.22. The van der Waals surface area contributed by atoms with Gasteiger partial charge < -0.3 is 19.9 Å². The van der Waals surface area contributed by atoms with Crippen LogP contribution in [0.15, 0.2) is 12.1 Å². The molecular weight excluding hydrogens is 373 g/mol. The van der Waals surface area contributed by atoms with E-state index in [2.05, 4.69) is 15.5 Å². The minimum atomic E-state index is -0.267. The second-order valence-electron chi connectivity index (χ2n) is 8.69. The SMILES string of the molecule is Oc1cc(C2CC2)c(F)cc1-c1nnc(N[C@@H]2CCOC2)c2c1CC1CCC2O1. The Balaban J connectivity index is 1.46. The number of halogens is 1. The molecule has 7 heteroatoms. The van der Waals surface area contributed by atoms with E-state index in [-0.39, 0.29) is 35.7 Å². The van der Waals surface area contributed by atoms with Gasteiger partial charge in [0.25, 0.3) is 0 Å². The van der Waals surface area contributed by atoms with E-state index in [0.717, 1.165) is 55.7 Å². The van der Waals surface area contributed by atoms with Crippen molar-refractivity contribution < 1.29 is 19.0 Å². The first kappa shape index (κ1) is 17.6. The molecule has 2 N–H and O–H groups in total. The fourth-order valence-corrected chi connectivity index (χ4v) is 4.97. The number of benzene rings is 1. The molecule has 2 aromatic rings. The highest BCUT2D eigenvalue weighted by molar-refractivity contribution is 5.74. The molecule has 2 saturated heterocycles. The summed E-state index contributed by atoms with van der Waals surface area (Å²) in [5.74, 6) is 0.781. The van der Waals surface area contributed by atoms with Crippen molar-refractivity contribution >= 4 is 5.82 Å². The second-order valence-corrected chi connectivity index (χ2v) is 8.69. The van der Waals surface area contributed by atoms with Gasteiger partial charge in [0, 0.05) is 24.2 Å². The molecule has 3 aliphatic heterocycles. The summed E-state index contributed by atoms with van der Waals surface area (Å²) in [6.45, 7) is 1.40. The zero-order valence-electron chi connectivity index (χ0n) is 16.2. The maximum atomic E-state index is 14.7. The number of phenolic OH excluding ortho intramolecular Hbond substituents is 1. The van der Waals surface area contributed by atoms with Crippen molar-refractivity contribution in [2.75, 3.05) is 18.5 Å². The van der Waals surface area contributed by atoms with Gasteiger partial charge in [-0.25, -0.2) is 4.39 Å². The van der Waals surface area contributed by atoms with Gasteiger partial charge in [-0.2, -0.15) is 0 Å². The van der Waals surface area contributed by atoms with Gasteiger partial charge in [-0.05, 0) is 61.3 Å². The third kappa shape index (κ3) is 2.99. The Labute approximate surface area is 168 Å². The van der Waals surface area contributed by atoms with Crippen molar-refractivity contribution in [2.24, 2.45) is 0 Å². The number of nitrogens with one attached hydrogen (secondary N) is 1. The fourth-order valence-electron chi connectivity index (χ4n) is 4.97. The molecule has 4 aliphatic rings. The van der Waals surface area contributed by atoms with Crippen LogP contribution in [-0.2, 0) is 15.9 Å². The van der Waals surface area contributed by atoms with Crippen LogP contribution in [0.1, 0.15) is 60.8 Å². The number of ether oxygens (including phenoxy) is 2. The van der Waals surface area contributed by atoms with Crippen molar-refractivity contribution in [1.82, 2.24) is 10.2 Å². The van der Waals surface area contributed by atoms with Gasteiger partial charge in [-0.3, -0.25) is 0 Å². The van der Waals surface area contributed by atoms with Crippen molar-refractivity contribution in [2.45, 2.75) is 62.7 Å². The highest BCUT2D eigenvalue weighted by Crippen LogP contribution is 2.48. The summed E-state index contributed by atoms with van der Waals surface area (Å²) in [7, 11) is 0. The topological polar surface area (TPSA) is 76.5 Å². The number of anilines is 1. The van der Waals surface area contributed by atoms with E-state index in [9.17, 15) is 9.50 Å². The Morgan fingerprint density at radius 2 is 2.00 bits per heavy atom. The molecule has 0 amide bonds. The lowest BCUT2D eigenvalue weighted by Gasteiger charge is -2.28. The zero-order valence-corrected chi connectivity index (χ0v) is 16.2. The summed E-state index contributed by atoms with van der Waals surface area (Å²) in [4.78, 5) is 0. The monoisotopic (exact) mass is 397 g/mol. The van der Waals surface area contributed by atoms with E-state index in [1.807, 2.05) is 0 Å². The summed E-state index contributed by atoms with van der Waals surface area (Å²) >= 11 is 0. The van der Waals surface area contributed by atoms with Crippen molar-refractivity contribution in [3.05, 3.63) is 34.6 Å². The van der Waals surface area contributed by atoms with Crippen LogP contribution in [0.3, 0.4) is 0 Å². The molecule has 2 unspecified atom stereocenters. The van der Waals surface area contributed by atoms with Crippen molar-refractivity contribution in [1.29, 1.82) is 0 Å². The smallest absolute Gasteiger partial charge is 0.155 e. The maximum absolute atomic E-state index is 14.7. The van der Waals surface area contributed by atoms with E-state index < -0.39 is 0 Å². The molecule has 2 bridgehead atoms. The Hall–Kier alpha value is -2.25. The Morgan fingerprint density at radius 3 is 2.79 bits per heavy atom. The van der Waals surface area contributed by atoms with E-state index in [0.29, 0.717) is 29.8 Å². The molecule has 1 saturated carbocycles. The zero-order chi connectivity index (χ0) is 19.5. The molecule has 0 spiro atoms. The highest BCUT2D eigenvalue weighted by atomic mass is 19.1.